The van der Waals surface area contributed by atoms with E-state index in [0.29, 0.717) is 15.7 Å². The number of nitro benzene ring substituents is 1. The minimum absolute atomic E-state index is 0.0925. The number of anilines is 1. The summed E-state index contributed by atoms with van der Waals surface area (Å²) in [6.07, 6.45) is 0. The molecule has 6 heteroatoms. The van der Waals surface area contributed by atoms with Crippen LogP contribution in [0.2, 0.25) is 0 Å². The van der Waals surface area contributed by atoms with Crippen molar-refractivity contribution in [2.24, 2.45) is 0 Å². The fourth-order valence-corrected chi connectivity index (χ4v) is 1.38. The molecular weight excluding hydrogens is 240 g/mol. The second-order valence-corrected chi connectivity index (χ2v) is 3.27. The zero-order chi connectivity index (χ0) is 10.0. The van der Waals surface area contributed by atoms with E-state index in [2.05, 4.69) is 15.9 Å². The van der Waals surface area contributed by atoms with Gasteiger partial charge in [0.25, 0.3) is 5.69 Å². The molecule has 3 N–H and O–H groups in total. The van der Waals surface area contributed by atoms with Gasteiger partial charge in [-0.2, -0.15) is 0 Å². The lowest BCUT2D eigenvalue weighted by Crippen LogP contribution is -1.98. The number of aliphatic hydroxyl groups excluding tert-OH is 1. The molecule has 0 bridgehead atoms. The second kappa shape index (κ2) is 3.71. The quantitative estimate of drug-likeness (QED) is 0.470. The Kier molecular flexibility index (Phi) is 2.84. The van der Waals surface area contributed by atoms with E-state index in [-0.39, 0.29) is 12.3 Å². The molecular formula is C7H7BrN2O3. The lowest BCUT2D eigenvalue weighted by Gasteiger charge is -2.03. The van der Waals surface area contributed by atoms with Crippen LogP contribution in [0.1, 0.15) is 5.56 Å². The molecule has 0 amide bonds. The van der Waals surface area contributed by atoms with Crippen molar-refractivity contribution in [3.63, 3.8) is 0 Å². The van der Waals surface area contributed by atoms with Gasteiger partial charge in [0.15, 0.2) is 0 Å². The number of benzene rings is 1. The zero-order valence-electron chi connectivity index (χ0n) is 6.53. The summed E-state index contributed by atoms with van der Waals surface area (Å²) in [6, 6.07) is 2.55. The van der Waals surface area contributed by atoms with Crippen molar-refractivity contribution in [1.82, 2.24) is 0 Å². The van der Waals surface area contributed by atoms with Gasteiger partial charge in [0.1, 0.15) is 0 Å². The highest BCUT2D eigenvalue weighted by Gasteiger charge is 2.12. The number of nitrogens with two attached hydrogens (primary N) is 1. The summed E-state index contributed by atoms with van der Waals surface area (Å²) >= 11 is 3.07. The largest absolute Gasteiger partial charge is 0.398 e. The number of halogens is 1. The van der Waals surface area contributed by atoms with Crippen LogP contribution < -0.4 is 5.73 Å². The molecule has 0 radical (unpaired) electrons. The van der Waals surface area contributed by atoms with Crippen LogP contribution in [0.25, 0.3) is 0 Å². The van der Waals surface area contributed by atoms with E-state index in [0.717, 1.165) is 0 Å². The van der Waals surface area contributed by atoms with Crippen LogP contribution in [0.4, 0.5) is 11.4 Å². The van der Waals surface area contributed by atoms with Crippen LogP contribution in [0.5, 0.6) is 0 Å². The first-order valence-corrected chi connectivity index (χ1v) is 4.18. The molecule has 0 aliphatic heterocycles. The number of nitro groups is 1. The molecule has 13 heavy (non-hydrogen) atoms. The predicted molar refractivity (Wildman–Crippen MR) is 51.1 cm³/mol. The molecule has 0 aromatic heterocycles. The average molecular weight is 247 g/mol. The van der Waals surface area contributed by atoms with Crippen LogP contribution in [-0.2, 0) is 6.61 Å². The molecule has 0 fully saturated rings. The van der Waals surface area contributed by atoms with Crippen LogP contribution in [0.3, 0.4) is 0 Å². The molecule has 0 aliphatic rings. The van der Waals surface area contributed by atoms with Crippen molar-refractivity contribution in [2.45, 2.75) is 6.61 Å². The summed E-state index contributed by atoms with van der Waals surface area (Å²) in [6.45, 7) is -0.313. The van der Waals surface area contributed by atoms with E-state index < -0.39 is 4.92 Å². The van der Waals surface area contributed by atoms with Crippen molar-refractivity contribution in [3.8, 4) is 0 Å². The smallest absolute Gasteiger partial charge is 0.271 e. The number of hydrogen-bond acceptors (Lipinski definition) is 4. The summed E-state index contributed by atoms with van der Waals surface area (Å²) in [7, 11) is 0. The molecule has 0 saturated carbocycles. The van der Waals surface area contributed by atoms with E-state index in [1.165, 1.54) is 12.1 Å². The molecule has 0 saturated heterocycles. The fourth-order valence-electron chi connectivity index (χ4n) is 0.895. The van der Waals surface area contributed by atoms with Crippen molar-refractivity contribution in [3.05, 3.63) is 32.3 Å². The van der Waals surface area contributed by atoms with E-state index in [1.54, 1.807) is 0 Å². The van der Waals surface area contributed by atoms with Crippen LogP contribution in [0.15, 0.2) is 16.6 Å². The van der Waals surface area contributed by atoms with Gasteiger partial charge in [-0.05, 0) is 15.9 Å². The van der Waals surface area contributed by atoms with Crippen LogP contribution in [-0.4, -0.2) is 10.0 Å². The van der Waals surface area contributed by atoms with Gasteiger partial charge in [-0.25, -0.2) is 0 Å². The first kappa shape index (κ1) is 9.94. The molecule has 5 nitrogen and oxygen atoms in total. The Morgan fingerprint density at radius 1 is 1.62 bits per heavy atom. The fraction of sp³-hybridized carbons (Fsp3) is 0.143. The highest BCUT2D eigenvalue weighted by Crippen LogP contribution is 2.28. The van der Waals surface area contributed by atoms with Gasteiger partial charge in [-0.3, -0.25) is 10.1 Å². The Hall–Kier alpha value is -1.14. The van der Waals surface area contributed by atoms with Gasteiger partial charge in [0.2, 0.25) is 0 Å². The Morgan fingerprint density at radius 2 is 2.23 bits per heavy atom. The molecule has 70 valence electrons. The molecule has 1 aromatic rings. The minimum Gasteiger partial charge on any atom is -0.398 e. The molecule has 0 atom stereocenters. The monoisotopic (exact) mass is 246 g/mol. The summed E-state index contributed by atoms with van der Waals surface area (Å²) in [5, 5.41) is 19.2. The van der Waals surface area contributed by atoms with E-state index in [9.17, 15) is 10.1 Å². The highest BCUT2D eigenvalue weighted by molar-refractivity contribution is 9.10. The SMILES string of the molecule is Nc1c(Br)cc([N+](=O)[O-])cc1CO. The Bertz CT molecular complexity index is 354. The summed E-state index contributed by atoms with van der Waals surface area (Å²) in [5.74, 6) is 0. The van der Waals surface area contributed by atoms with E-state index in [4.69, 9.17) is 10.8 Å². The maximum absolute atomic E-state index is 10.4. The Morgan fingerprint density at radius 3 is 2.69 bits per heavy atom. The van der Waals surface area contributed by atoms with Crippen molar-refractivity contribution in [2.75, 3.05) is 5.73 Å². The molecule has 1 rings (SSSR count). The lowest BCUT2D eigenvalue weighted by molar-refractivity contribution is -0.385. The Labute approximate surface area is 82.5 Å². The maximum Gasteiger partial charge on any atom is 0.271 e. The van der Waals surface area contributed by atoms with Crippen molar-refractivity contribution in [1.29, 1.82) is 0 Å². The Balaban J connectivity index is 3.30. The number of nitrogen functional groups attached to an aromatic ring is 1. The van der Waals surface area contributed by atoms with E-state index >= 15 is 0 Å². The van der Waals surface area contributed by atoms with Crippen molar-refractivity contribution >= 4 is 27.3 Å². The summed E-state index contributed by atoms with van der Waals surface area (Å²) in [4.78, 5) is 9.86. The zero-order valence-corrected chi connectivity index (χ0v) is 8.11. The standard InChI is InChI=1S/C7H7BrN2O3/c8-6-2-5(10(12)13)1-4(3-11)7(6)9/h1-2,11H,3,9H2. The second-order valence-electron chi connectivity index (χ2n) is 2.42. The number of non-ortho nitro benzene ring substituents is 1. The van der Waals surface area contributed by atoms with E-state index in [1.807, 2.05) is 0 Å². The van der Waals surface area contributed by atoms with Gasteiger partial charge in [0.05, 0.1) is 17.2 Å². The highest BCUT2D eigenvalue weighted by atomic mass is 79.9. The van der Waals surface area contributed by atoms with Gasteiger partial charge in [0, 0.05) is 22.2 Å². The van der Waals surface area contributed by atoms with Gasteiger partial charge < -0.3 is 10.8 Å². The summed E-state index contributed by atoms with van der Waals surface area (Å²) < 4.78 is 0.422. The summed E-state index contributed by atoms with van der Waals surface area (Å²) in [5.41, 5.74) is 6.12. The number of aliphatic hydroxyl groups is 1. The van der Waals surface area contributed by atoms with Gasteiger partial charge in [-0.1, -0.05) is 0 Å². The van der Waals surface area contributed by atoms with Gasteiger partial charge >= 0.3 is 0 Å². The van der Waals surface area contributed by atoms with Gasteiger partial charge in [-0.15, -0.1) is 0 Å². The molecule has 0 heterocycles. The molecule has 0 spiro atoms. The maximum atomic E-state index is 10.4. The lowest BCUT2D eigenvalue weighted by atomic mass is 10.2. The first-order chi connectivity index (χ1) is 6.06. The molecule has 1 aromatic carbocycles. The third-order valence-corrected chi connectivity index (χ3v) is 2.24. The molecule has 0 unspecified atom stereocenters. The number of nitrogens with zero attached hydrogens (tertiary/aromatic N) is 1. The molecule has 0 aliphatic carbocycles. The number of hydrogen-bond donors (Lipinski definition) is 2. The normalized spacial score (nSPS) is 10.0. The minimum atomic E-state index is -0.538. The average Bonchev–Trinajstić information content (AvgIpc) is 2.09. The van der Waals surface area contributed by atoms with Crippen LogP contribution >= 0.6 is 15.9 Å². The third-order valence-electron chi connectivity index (χ3n) is 1.58. The third kappa shape index (κ3) is 1.96. The van der Waals surface area contributed by atoms with Crippen molar-refractivity contribution < 1.29 is 10.0 Å². The number of rotatable bonds is 2. The predicted octanol–water partition coefficient (Wildman–Crippen LogP) is 1.43. The first-order valence-electron chi connectivity index (χ1n) is 3.39. The topological polar surface area (TPSA) is 89.4 Å². The van der Waals surface area contributed by atoms with Crippen LogP contribution in [0, 0.1) is 10.1 Å².